The summed E-state index contributed by atoms with van der Waals surface area (Å²) in [6, 6.07) is 9.54. The van der Waals surface area contributed by atoms with Gasteiger partial charge in [0.1, 0.15) is 0 Å². The summed E-state index contributed by atoms with van der Waals surface area (Å²) in [5.41, 5.74) is 2.55. The Morgan fingerprint density at radius 1 is 1.06 bits per heavy atom. The Labute approximate surface area is 99.8 Å². The highest BCUT2D eigenvalue weighted by Crippen LogP contribution is 2.30. The van der Waals surface area contributed by atoms with E-state index in [0.717, 1.165) is 36.8 Å². The lowest BCUT2D eigenvalue weighted by Gasteiger charge is -1.97. The number of esters is 1. The molecule has 1 fully saturated rings. The first-order valence-electron chi connectivity index (χ1n) is 5.93. The molecule has 1 heterocycles. The molecule has 1 aromatic carbocycles. The number of aliphatic imine (C=N–C) groups is 1. The number of allylic oxidation sites excluding steroid dienone is 1. The molecule has 0 radical (unpaired) electrons. The molecule has 1 aliphatic heterocycles. The van der Waals surface area contributed by atoms with Crippen molar-refractivity contribution < 1.29 is 9.53 Å². The number of carbonyl (C=O) groups excluding carboxylic acids is 1. The second kappa shape index (κ2) is 4.17. The van der Waals surface area contributed by atoms with Crippen molar-refractivity contribution in [2.75, 3.05) is 0 Å². The second-order valence-corrected chi connectivity index (χ2v) is 4.33. The van der Waals surface area contributed by atoms with Gasteiger partial charge < -0.3 is 4.74 Å². The van der Waals surface area contributed by atoms with Gasteiger partial charge in [-0.15, -0.1) is 0 Å². The molecule has 1 saturated carbocycles. The predicted octanol–water partition coefficient (Wildman–Crippen LogP) is 2.82. The van der Waals surface area contributed by atoms with Crippen LogP contribution in [0.4, 0.5) is 0 Å². The Morgan fingerprint density at radius 3 is 2.47 bits per heavy atom. The van der Waals surface area contributed by atoms with E-state index in [4.69, 9.17) is 4.74 Å². The molecule has 17 heavy (non-hydrogen) atoms. The third-order valence-electron chi connectivity index (χ3n) is 3.16. The van der Waals surface area contributed by atoms with E-state index in [1.54, 1.807) is 0 Å². The largest absolute Gasteiger partial charge is 0.402 e. The fourth-order valence-corrected chi connectivity index (χ4v) is 2.27. The highest BCUT2D eigenvalue weighted by molar-refractivity contribution is 6.11. The molecule has 0 aromatic heterocycles. The Hall–Kier alpha value is -1.90. The first-order chi connectivity index (χ1) is 8.34. The van der Waals surface area contributed by atoms with Crippen molar-refractivity contribution in [1.82, 2.24) is 0 Å². The van der Waals surface area contributed by atoms with Gasteiger partial charge in [-0.25, -0.2) is 9.79 Å². The topological polar surface area (TPSA) is 38.7 Å². The molecule has 3 heteroatoms. The zero-order chi connectivity index (χ0) is 11.7. The van der Waals surface area contributed by atoms with Crippen LogP contribution in [-0.2, 0) is 9.53 Å². The van der Waals surface area contributed by atoms with Gasteiger partial charge in [0, 0.05) is 5.56 Å². The van der Waals surface area contributed by atoms with Crippen LogP contribution in [0.2, 0.25) is 0 Å². The first-order valence-corrected chi connectivity index (χ1v) is 5.93. The summed E-state index contributed by atoms with van der Waals surface area (Å²) in [6.45, 7) is 0. The average molecular weight is 227 g/mol. The van der Waals surface area contributed by atoms with E-state index in [1.165, 1.54) is 0 Å². The maximum Gasteiger partial charge on any atom is 0.363 e. The van der Waals surface area contributed by atoms with E-state index in [-0.39, 0.29) is 5.97 Å². The summed E-state index contributed by atoms with van der Waals surface area (Å²) in [5, 5.41) is 0. The SMILES string of the molecule is O=C1OC(c2ccccc2)=NC1=C1CCCC1. The number of nitrogens with zero attached hydrogens (tertiary/aromatic N) is 1. The minimum Gasteiger partial charge on any atom is -0.402 e. The molecule has 3 nitrogen and oxygen atoms in total. The van der Waals surface area contributed by atoms with Gasteiger partial charge in [-0.1, -0.05) is 18.2 Å². The van der Waals surface area contributed by atoms with Crippen LogP contribution in [0, 0.1) is 0 Å². The molecule has 0 bridgehead atoms. The number of carbonyl (C=O) groups is 1. The Kier molecular flexibility index (Phi) is 2.52. The van der Waals surface area contributed by atoms with E-state index in [2.05, 4.69) is 4.99 Å². The van der Waals surface area contributed by atoms with Gasteiger partial charge in [-0.05, 0) is 43.4 Å². The van der Waals surface area contributed by atoms with Crippen molar-refractivity contribution in [2.45, 2.75) is 25.7 Å². The van der Waals surface area contributed by atoms with Crippen molar-refractivity contribution >= 4 is 11.9 Å². The van der Waals surface area contributed by atoms with Crippen LogP contribution < -0.4 is 0 Å². The molecule has 0 spiro atoms. The Bertz CT molecular complexity index is 506. The molecule has 0 saturated heterocycles. The lowest BCUT2D eigenvalue weighted by Crippen LogP contribution is -2.05. The molecule has 0 amide bonds. The van der Waals surface area contributed by atoms with Gasteiger partial charge >= 0.3 is 5.97 Å². The van der Waals surface area contributed by atoms with Gasteiger partial charge in [0.2, 0.25) is 5.90 Å². The van der Waals surface area contributed by atoms with Gasteiger partial charge in [0.05, 0.1) is 0 Å². The van der Waals surface area contributed by atoms with Crippen molar-refractivity contribution in [2.24, 2.45) is 4.99 Å². The van der Waals surface area contributed by atoms with E-state index in [1.807, 2.05) is 30.3 Å². The fraction of sp³-hybridized carbons (Fsp3) is 0.286. The average Bonchev–Trinajstić information content (AvgIpc) is 2.99. The van der Waals surface area contributed by atoms with Gasteiger partial charge in [-0.2, -0.15) is 0 Å². The Balaban J connectivity index is 1.97. The van der Waals surface area contributed by atoms with Gasteiger partial charge in [0.25, 0.3) is 0 Å². The summed E-state index contributed by atoms with van der Waals surface area (Å²) in [6.07, 6.45) is 4.27. The molecule has 2 aliphatic rings. The monoisotopic (exact) mass is 227 g/mol. The number of ether oxygens (including phenoxy) is 1. The van der Waals surface area contributed by atoms with Gasteiger partial charge in [-0.3, -0.25) is 0 Å². The third-order valence-corrected chi connectivity index (χ3v) is 3.16. The lowest BCUT2D eigenvalue weighted by molar-refractivity contribution is -0.130. The zero-order valence-electron chi connectivity index (χ0n) is 9.48. The minimum absolute atomic E-state index is 0.291. The smallest absolute Gasteiger partial charge is 0.363 e. The van der Waals surface area contributed by atoms with Crippen LogP contribution in [0.3, 0.4) is 0 Å². The molecule has 86 valence electrons. The van der Waals surface area contributed by atoms with Crippen LogP contribution in [0.15, 0.2) is 46.6 Å². The zero-order valence-corrected chi connectivity index (χ0v) is 9.48. The van der Waals surface area contributed by atoms with Crippen LogP contribution in [0.25, 0.3) is 0 Å². The lowest BCUT2D eigenvalue weighted by atomic mass is 10.2. The quantitative estimate of drug-likeness (QED) is 0.546. The molecule has 3 rings (SSSR count). The number of cyclic esters (lactones) is 1. The predicted molar refractivity (Wildman–Crippen MR) is 64.6 cm³/mol. The standard InChI is InChI=1S/C14H13NO2/c16-14-12(10-6-4-5-7-10)15-13(17-14)11-8-2-1-3-9-11/h1-3,8-9H,4-7H2. The van der Waals surface area contributed by atoms with Crippen molar-refractivity contribution in [1.29, 1.82) is 0 Å². The fourth-order valence-electron chi connectivity index (χ4n) is 2.27. The summed E-state index contributed by atoms with van der Waals surface area (Å²) < 4.78 is 5.23. The van der Waals surface area contributed by atoms with E-state index >= 15 is 0 Å². The van der Waals surface area contributed by atoms with E-state index < -0.39 is 0 Å². The summed E-state index contributed by atoms with van der Waals surface area (Å²) in [5.74, 6) is 0.144. The number of rotatable bonds is 1. The van der Waals surface area contributed by atoms with Gasteiger partial charge in [0.15, 0.2) is 5.70 Å². The molecule has 1 aromatic rings. The number of benzene rings is 1. The molecular formula is C14H13NO2. The van der Waals surface area contributed by atoms with Crippen molar-refractivity contribution in [3.63, 3.8) is 0 Å². The maximum atomic E-state index is 11.8. The second-order valence-electron chi connectivity index (χ2n) is 4.33. The third kappa shape index (κ3) is 1.88. The van der Waals surface area contributed by atoms with Crippen molar-refractivity contribution in [3.8, 4) is 0 Å². The molecule has 0 N–H and O–H groups in total. The van der Waals surface area contributed by atoms with E-state index in [9.17, 15) is 4.79 Å². The number of hydrogen-bond donors (Lipinski definition) is 0. The Morgan fingerprint density at radius 2 is 1.76 bits per heavy atom. The maximum absolute atomic E-state index is 11.8. The first kappa shape index (κ1) is 10.3. The summed E-state index contributed by atoms with van der Waals surface area (Å²) >= 11 is 0. The highest BCUT2D eigenvalue weighted by Gasteiger charge is 2.28. The summed E-state index contributed by atoms with van der Waals surface area (Å²) in [7, 11) is 0. The minimum atomic E-state index is -0.291. The van der Waals surface area contributed by atoms with E-state index in [0.29, 0.717) is 11.6 Å². The molecular weight excluding hydrogens is 214 g/mol. The van der Waals surface area contributed by atoms with Crippen LogP contribution in [0.5, 0.6) is 0 Å². The molecule has 0 atom stereocenters. The normalized spacial score (nSPS) is 19.5. The van der Waals surface area contributed by atoms with Crippen molar-refractivity contribution in [3.05, 3.63) is 47.2 Å². The molecule has 0 unspecified atom stereocenters. The van der Waals surface area contributed by atoms with Crippen LogP contribution in [0.1, 0.15) is 31.2 Å². The highest BCUT2D eigenvalue weighted by atomic mass is 16.6. The molecule has 1 aliphatic carbocycles. The van der Waals surface area contributed by atoms with Crippen LogP contribution >= 0.6 is 0 Å². The van der Waals surface area contributed by atoms with Crippen LogP contribution in [-0.4, -0.2) is 11.9 Å². The summed E-state index contributed by atoms with van der Waals surface area (Å²) in [4.78, 5) is 16.1. The number of hydrogen-bond acceptors (Lipinski definition) is 3.